The number of carbonyl (C=O) groups is 2. The molecule has 192 valence electrons. The van der Waals surface area contributed by atoms with Crippen LogP contribution in [0.3, 0.4) is 0 Å². The lowest BCUT2D eigenvalue weighted by atomic mass is 10.2. The first kappa shape index (κ1) is 26.6. The largest absolute Gasteiger partial charge is 0.495 e. The van der Waals surface area contributed by atoms with Gasteiger partial charge in [0.1, 0.15) is 22.1 Å². The van der Waals surface area contributed by atoms with Crippen LogP contribution in [0.4, 0.5) is 11.4 Å². The fraction of sp³-hybridized carbons (Fsp3) is 0.318. The normalized spacial score (nSPS) is 12.7. The molecule has 1 amide bonds. The van der Waals surface area contributed by atoms with Gasteiger partial charge in [-0.3, -0.25) is 9.59 Å². The molecule has 0 fully saturated rings. The number of aromatic amines is 2. The summed E-state index contributed by atoms with van der Waals surface area (Å²) in [6, 6.07) is 5.30. The zero-order valence-corrected chi connectivity index (χ0v) is 21.0. The first-order valence-electron chi connectivity index (χ1n) is 10.7. The van der Waals surface area contributed by atoms with E-state index in [1.54, 1.807) is 26.0 Å². The van der Waals surface area contributed by atoms with E-state index in [9.17, 15) is 22.8 Å². The number of azo groups is 1. The molecule has 2 aromatic carbocycles. The number of ether oxygens (including phenoxy) is 2. The van der Waals surface area contributed by atoms with Crippen LogP contribution in [0.15, 0.2) is 50.3 Å². The van der Waals surface area contributed by atoms with Crippen LogP contribution in [0, 0.1) is 0 Å². The number of fused-ring (bicyclic) bond motifs is 1. The number of hydrogen-bond donors (Lipinski definition) is 4. The maximum absolute atomic E-state index is 12.8. The van der Waals surface area contributed by atoms with E-state index in [4.69, 9.17) is 9.47 Å². The van der Waals surface area contributed by atoms with Gasteiger partial charge in [0.25, 0.3) is 5.91 Å². The van der Waals surface area contributed by atoms with Gasteiger partial charge in [0.05, 0.1) is 25.3 Å². The third-order valence-corrected chi connectivity index (χ3v) is 6.52. The summed E-state index contributed by atoms with van der Waals surface area (Å²) in [6.45, 7) is 4.53. The van der Waals surface area contributed by atoms with Crippen LogP contribution in [-0.2, 0) is 19.6 Å². The number of rotatable bonds is 10. The molecule has 0 spiro atoms. The van der Waals surface area contributed by atoms with Crippen molar-refractivity contribution in [3.63, 3.8) is 0 Å². The number of H-pyrrole nitrogens is 2. The predicted octanol–water partition coefficient (Wildman–Crippen LogP) is 2.24. The number of sulfonamides is 1. The molecule has 13 nitrogen and oxygen atoms in total. The van der Waals surface area contributed by atoms with E-state index in [1.807, 2.05) is 0 Å². The SMILES string of the molecule is COc1cc(S(=O)(=O)NC(C)C)c(OC)cc1N=NC(C(C)=O)C(=O)Nc1ccc2[nH]c(=O)[nH]c2c1. The van der Waals surface area contributed by atoms with Crippen molar-refractivity contribution in [1.82, 2.24) is 14.7 Å². The molecular weight excluding hydrogens is 492 g/mol. The average molecular weight is 519 g/mol. The minimum absolute atomic E-state index is 0.0319. The predicted molar refractivity (Wildman–Crippen MR) is 132 cm³/mol. The van der Waals surface area contributed by atoms with Gasteiger partial charge in [-0.25, -0.2) is 17.9 Å². The molecule has 1 aromatic heterocycles. The average Bonchev–Trinajstić information content (AvgIpc) is 3.16. The van der Waals surface area contributed by atoms with Gasteiger partial charge < -0.3 is 24.8 Å². The summed E-state index contributed by atoms with van der Waals surface area (Å²) >= 11 is 0. The van der Waals surface area contributed by atoms with Crippen LogP contribution < -0.4 is 25.2 Å². The third-order valence-electron chi connectivity index (χ3n) is 4.84. The molecule has 0 saturated heterocycles. The Morgan fingerprint density at radius 2 is 1.67 bits per heavy atom. The molecule has 0 bridgehead atoms. The summed E-state index contributed by atoms with van der Waals surface area (Å²) in [6.07, 6.45) is 0. The Balaban J connectivity index is 1.91. The lowest BCUT2D eigenvalue weighted by molar-refractivity contribution is -0.126. The highest BCUT2D eigenvalue weighted by Gasteiger charge is 2.26. The minimum atomic E-state index is -3.93. The van der Waals surface area contributed by atoms with Gasteiger partial charge >= 0.3 is 5.69 Å². The van der Waals surface area contributed by atoms with Crippen molar-refractivity contribution in [2.75, 3.05) is 19.5 Å². The van der Waals surface area contributed by atoms with Gasteiger partial charge in [-0.1, -0.05) is 0 Å². The number of nitrogens with one attached hydrogen (secondary N) is 4. The number of amides is 1. The lowest BCUT2D eigenvalue weighted by Gasteiger charge is -2.15. The Morgan fingerprint density at radius 1 is 1.00 bits per heavy atom. The summed E-state index contributed by atoms with van der Waals surface area (Å²) in [5.74, 6) is -1.34. The standard InChI is InChI=1S/C22H26N6O7S/c1-11(2)28-36(32,33)19-10-17(34-4)16(9-18(19)35-5)26-27-20(12(3)29)21(30)23-13-6-7-14-15(8-13)25-22(31)24-14/h6-11,20,28H,1-5H3,(H,23,30)(H2,24,25,31). The summed E-state index contributed by atoms with van der Waals surface area (Å²) in [5, 5.41) is 10.4. The maximum Gasteiger partial charge on any atom is 0.323 e. The van der Waals surface area contributed by atoms with Gasteiger partial charge in [0, 0.05) is 23.9 Å². The van der Waals surface area contributed by atoms with Crippen molar-refractivity contribution in [2.45, 2.75) is 37.8 Å². The molecule has 1 atom stereocenters. The molecule has 1 heterocycles. The van der Waals surface area contributed by atoms with Crippen LogP contribution in [0.2, 0.25) is 0 Å². The molecule has 3 rings (SSSR count). The molecule has 0 aliphatic heterocycles. The number of aromatic nitrogens is 2. The van der Waals surface area contributed by atoms with Gasteiger partial charge in [0.2, 0.25) is 16.1 Å². The monoisotopic (exact) mass is 518 g/mol. The highest BCUT2D eigenvalue weighted by atomic mass is 32.2. The molecular formula is C22H26N6O7S. The summed E-state index contributed by atoms with van der Waals surface area (Å²) in [7, 11) is -1.33. The number of Topliss-reactive ketones (excluding diaryl/α,β-unsaturated/α-hetero) is 1. The van der Waals surface area contributed by atoms with E-state index in [-0.39, 0.29) is 28.1 Å². The molecule has 0 radical (unpaired) electrons. The molecule has 36 heavy (non-hydrogen) atoms. The summed E-state index contributed by atoms with van der Waals surface area (Å²) in [4.78, 5) is 41.4. The van der Waals surface area contributed by atoms with Crippen LogP contribution in [0.5, 0.6) is 11.5 Å². The van der Waals surface area contributed by atoms with Gasteiger partial charge in [-0.15, -0.1) is 0 Å². The first-order chi connectivity index (χ1) is 16.9. The fourth-order valence-corrected chi connectivity index (χ4v) is 4.69. The topological polar surface area (TPSA) is 184 Å². The summed E-state index contributed by atoms with van der Waals surface area (Å²) in [5.41, 5.74) is 1.000. The highest BCUT2D eigenvalue weighted by Crippen LogP contribution is 2.37. The van der Waals surface area contributed by atoms with E-state index in [0.717, 1.165) is 0 Å². The number of ketones is 1. The highest BCUT2D eigenvalue weighted by molar-refractivity contribution is 7.89. The van der Waals surface area contributed by atoms with E-state index >= 15 is 0 Å². The van der Waals surface area contributed by atoms with Gasteiger partial charge in [0.15, 0.2) is 5.78 Å². The molecule has 3 aromatic rings. The second-order valence-corrected chi connectivity index (χ2v) is 9.69. The minimum Gasteiger partial charge on any atom is -0.495 e. The van der Waals surface area contributed by atoms with Crippen molar-refractivity contribution in [2.24, 2.45) is 10.2 Å². The molecule has 1 unspecified atom stereocenters. The molecule has 14 heteroatoms. The van der Waals surface area contributed by atoms with Crippen LogP contribution in [0.1, 0.15) is 20.8 Å². The van der Waals surface area contributed by atoms with Crippen LogP contribution in [-0.4, -0.2) is 56.4 Å². The molecule has 0 saturated carbocycles. The quantitative estimate of drug-likeness (QED) is 0.234. The number of benzene rings is 2. The molecule has 0 aliphatic carbocycles. The van der Waals surface area contributed by atoms with Crippen molar-refractivity contribution in [3.05, 3.63) is 40.8 Å². The number of nitrogens with zero attached hydrogens (tertiary/aromatic N) is 2. The lowest BCUT2D eigenvalue weighted by Crippen LogP contribution is -2.31. The third kappa shape index (κ3) is 5.95. The van der Waals surface area contributed by atoms with Crippen LogP contribution >= 0.6 is 0 Å². The second-order valence-electron chi connectivity index (χ2n) is 8.01. The van der Waals surface area contributed by atoms with Gasteiger partial charge in [-0.05, 0) is 39.0 Å². The number of anilines is 1. The Morgan fingerprint density at radius 3 is 2.28 bits per heavy atom. The Bertz CT molecular complexity index is 1490. The van der Waals surface area contributed by atoms with Crippen molar-refractivity contribution in [1.29, 1.82) is 0 Å². The van der Waals surface area contributed by atoms with Crippen molar-refractivity contribution < 1.29 is 27.5 Å². The molecule has 0 aliphatic rings. The number of methoxy groups -OCH3 is 2. The Labute approximate surface area is 206 Å². The Kier molecular flexibility index (Phi) is 7.90. The number of imidazole rings is 1. The number of hydrogen-bond acceptors (Lipinski definition) is 9. The zero-order valence-electron chi connectivity index (χ0n) is 20.2. The fourth-order valence-electron chi connectivity index (χ4n) is 3.27. The maximum atomic E-state index is 12.8. The summed E-state index contributed by atoms with van der Waals surface area (Å²) < 4.78 is 38.3. The van der Waals surface area contributed by atoms with E-state index in [0.29, 0.717) is 16.7 Å². The first-order valence-corrected chi connectivity index (χ1v) is 12.2. The van der Waals surface area contributed by atoms with E-state index in [1.165, 1.54) is 39.3 Å². The van der Waals surface area contributed by atoms with E-state index in [2.05, 4.69) is 30.2 Å². The zero-order chi connectivity index (χ0) is 26.6. The van der Waals surface area contributed by atoms with Gasteiger partial charge in [-0.2, -0.15) is 10.2 Å². The smallest absolute Gasteiger partial charge is 0.323 e. The Hall–Kier alpha value is -4.04. The van der Waals surface area contributed by atoms with Crippen LogP contribution in [0.25, 0.3) is 11.0 Å². The van der Waals surface area contributed by atoms with E-state index < -0.39 is 33.4 Å². The van der Waals surface area contributed by atoms with Crippen molar-refractivity contribution >= 4 is 44.1 Å². The number of carbonyl (C=O) groups excluding carboxylic acids is 2. The molecule has 4 N–H and O–H groups in total. The van der Waals surface area contributed by atoms with Crippen molar-refractivity contribution in [3.8, 4) is 11.5 Å². The second kappa shape index (κ2) is 10.7.